The third-order valence-corrected chi connectivity index (χ3v) is 6.33. The highest BCUT2D eigenvalue weighted by Gasteiger charge is 2.46. The molecule has 1 aliphatic heterocycles. The van der Waals surface area contributed by atoms with E-state index in [1.165, 1.54) is 4.90 Å². The number of aliphatic hydroxyl groups excluding tert-OH is 1. The normalized spacial score (nSPS) is 16.7. The first-order valence-corrected chi connectivity index (χ1v) is 11.9. The molecule has 0 saturated carbocycles. The van der Waals surface area contributed by atoms with Gasteiger partial charge in [0.2, 0.25) is 0 Å². The Labute approximate surface area is 214 Å². The van der Waals surface area contributed by atoms with E-state index in [0.717, 1.165) is 16.7 Å². The van der Waals surface area contributed by atoms with Gasteiger partial charge in [-0.2, -0.15) is 0 Å². The van der Waals surface area contributed by atoms with E-state index in [4.69, 9.17) is 4.74 Å². The average molecular weight is 492 g/mol. The Morgan fingerprint density at radius 3 is 2.41 bits per heavy atom. The summed E-state index contributed by atoms with van der Waals surface area (Å²) in [6.45, 7) is 2.47. The molecule has 1 unspecified atom stereocenters. The molecule has 2 aromatic heterocycles. The Morgan fingerprint density at radius 1 is 0.919 bits per heavy atom. The maximum absolute atomic E-state index is 13.2. The first-order valence-electron chi connectivity index (χ1n) is 11.9. The number of carbonyl (C=O) groups excluding carboxylic acids is 2. The summed E-state index contributed by atoms with van der Waals surface area (Å²) in [6.07, 6.45) is 6.50. The lowest BCUT2D eigenvalue weighted by molar-refractivity contribution is -0.140. The molecule has 1 atom stereocenters. The molecule has 0 bridgehead atoms. The van der Waals surface area contributed by atoms with Crippen molar-refractivity contribution in [2.75, 3.05) is 0 Å². The van der Waals surface area contributed by atoms with E-state index in [0.29, 0.717) is 23.5 Å². The number of ketones is 1. The molecular formula is C30H25N3O4. The predicted molar refractivity (Wildman–Crippen MR) is 138 cm³/mol. The molecule has 2 aromatic carbocycles. The average Bonchev–Trinajstić information content (AvgIpc) is 3.18. The second-order valence-corrected chi connectivity index (χ2v) is 8.82. The third kappa shape index (κ3) is 4.97. The van der Waals surface area contributed by atoms with Crippen molar-refractivity contribution in [2.24, 2.45) is 0 Å². The van der Waals surface area contributed by atoms with Crippen molar-refractivity contribution in [1.82, 2.24) is 14.9 Å². The van der Waals surface area contributed by atoms with Gasteiger partial charge in [-0.1, -0.05) is 36.4 Å². The summed E-state index contributed by atoms with van der Waals surface area (Å²) < 4.78 is 5.95. The van der Waals surface area contributed by atoms with Crippen LogP contribution in [0.5, 0.6) is 5.75 Å². The van der Waals surface area contributed by atoms with Gasteiger partial charge in [0.05, 0.1) is 11.6 Å². The number of aliphatic hydroxyl groups is 1. The van der Waals surface area contributed by atoms with Crippen molar-refractivity contribution in [3.8, 4) is 5.75 Å². The van der Waals surface area contributed by atoms with Crippen LogP contribution < -0.4 is 4.74 Å². The van der Waals surface area contributed by atoms with Gasteiger partial charge in [0, 0.05) is 36.9 Å². The second kappa shape index (κ2) is 10.5. The van der Waals surface area contributed by atoms with Crippen LogP contribution in [0.3, 0.4) is 0 Å². The zero-order valence-corrected chi connectivity index (χ0v) is 20.2. The van der Waals surface area contributed by atoms with Crippen molar-refractivity contribution >= 4 is 17.4 Å². The summed E-state index contributed by atoms with van der Waals surface area (Å²) in [6, 6.07) is 21.4. The quantitative estimate of drug-likeness (QED) is 0.223. The molecule has 1 N–H and O–H groups in total. The fourth-order valence-electron chi connectivity index (χ4n) is 4.46. The maximum Gasteiger partial charge on any atom is 0.295 e. The Morgan fingerprint density at radius 2 is 1.70 bits per heavy atom. The van der Waals surface area contributed by atoms with E-state index in [1.807, 2.05) is 37.3 Å². The van der Waals surface area contributed by atoms with Crippen LogP contribution in [0.1, 0.15) is 33.9 Å². The summed E-state index contributed by atoms with van der Waals surface area (Å²) in [5.74, 6) is -0.973. The number of aromatic nitrogens is 2. The Hall–Kier alpha value is -4.78. The number of nitrogens with zero attached hydrogens (tertiary/aromatic N) is 3. The van der Waals surface area contributed by atoms with Crippen LogP contribution >= 0.6 is 0 Å². The Bertz CT molecular complexity index is 1450. The van der Waals surface area contributed by atoms with Crippen molar-refractivity contribution < 1.29 is 19.4 Å². The first kappa shape index (κ1) is 23.9. The topological polar surface area (TPSA) is 92.6 Å². The number of pyridine rings is 2. The van der Waals surface area contributed by atoms with Gasteiger partial charge in [-0.25, -0.2) is 0 Å². The number of aryl methyl sites for hydroxylation is 1. The molecule has 1 amide bonds. The molecule has 1 saturated heterocycles. The highest BCUT2D eigenvalue weighted by Crippen LogP contribution is 2.40. The molecule has 0 spiro atoms. The lowest BCUT2D eigenvalue weighted by atomic mass is 9.95. The monoisotopic (exact) mass is 491 g/mol. The summed E-state index contributed by atoms with van der Waals surface area (Å²) in [4.78, 5) is 36.1. The molecule has 1 fully saturated rings. The highest BCUT2D eigenvalue weighted by atomic mass is 16.5. The van der Waals surface area contributed by atoms with E-state index in [1.54, 1.807) is 67.3 Å². The van der Waals surface area contributed by atoms with Crippen LogP contribution in [0, 0.1) is 6.92 Å². The van der Waals surface area contributed by atoms with Gasteiger partial charge in [0.1, 0.15) is 18.1 Å². The minimum Gasteiger partial charge on any atom is -0.507 e. The van der Waals surface area contributed by atoms with E-state index in [9.17, 15) is 14.7 Å². The number of hydrogen-bond donors (Lipinski definition) is 1. The molecule has 37 heavy (non-hydrogen) atoms. The largest absolute Gasteiger partial charge is 0.507 e. The molecule has 184 valence electrons. The SMILES string of the molecule is Cc1cc(/C(O)=C2/C(=O)C(=O)N(Cc3ccncc3)C2c2cccnc2)ccc1OCc1ccccc1. The number of ether oxygens (including phenoxy) is 1. The van der Waals surface area contributed by atoms with Crippen LogP contribution in [0.25, 0.3) is 5.76 Å². The van der Waals surface area contributed by atoms with Gasteiger partial charge in [0.25, 0.3) is 11.7 Å². The molecule has 0 radical (unpaired) electrons. The molecule has 5 rings (SSSR count). The van der Waals surface area contributed by atoms with Crippen molar-refractivity contribution in [2.45, 2.75) is 26.1 Å². The molecule has 0 aliphatic carbocycles. The third-order valence-electron chi connectivity index (χ3n) is 6.33. The van der Waals surface area contributed by atoms with Gasteiger partial charge < -0.3 is 14.7 Å². The molecule has 7 heteroatoms. The summed E-state index contributed by atoms with van der Waals surface area (Å²) in [5.41, 5.74) is 3.76. The van der Waals surface area contributed by atoms with Crippen molar-refractivity contribution in [1.29, 1.82) is 0 Å². The number of carbonyl (C=O) groups is 2. The Kier molecular flexibility index (Phi) is 6.76. The lowest BCUT2D eigenvalue weighted by Crippen LogP contribution is -2.29. The van der Waals surface area contributed by atoms with Crippen LogP contribution in [-0.4, -0.2) is 31.7 Å². The number of Topliss-reactive ketones (excluding diaryl/α,β-unsaturated/α-hetero) is 1. The Balaban J connectivity index is 1.50. The second-order valence-electron chi connectivity index (χ2n) is 8.82. The zero-order chi connectivity index (χ0) is 25.8. The highest BCUT2D eigenvalue weighted by molar-refractivity contribution is 6.46. The first-order chi connectivity index (χ1) is 18.0. The number of rotatable bonds is 7. The van der Waals surface area contributed by atoms with Crippen molar-refractivity contribution in [3.63, 3.8) is 0 Å². The molecule has 3 heterocycles. The smallest absolute Gasteiger partial charge is 0.295 e. The van der Waals surface area contributed by atoms with Crippen LogP contribution in [0.15, 0.2) is 103 Å². The van der Waals surface area contributed by atoms with E-state index in [2.05, 4.69) is 9.97 Å². The summed E-state index contributed by atoms with van der Waals surface area (Å²) in [5, 5.41) is 11.4. The number of amides is 1. The minimum atomic E-state index is -0.781. The van der Waals surface area contributed by atoms with Gasteiger partial charge in [-0.05, 0) is 65.6 Å². The van der Waals surface area contributed by atoms with Crippen LogP contribution in [0.2, 0.25) is 0 Å². The zero-order valence-electron chi connectivity index (χ0n) is 20.2. The summed E-state index contributed by atoms with van der Waals surface area (Å²) in [7, 11) is 0. The molecule has 4 aromatic rings. The van der Waals surface area contributed by atoms with Gasteiger partial charge in [-0.15, -0.1) is 0 Å². The van der Waals surface area contributed by atoms with Crippen LogP contribution in [-0.2, 0) is 22.7 Å². The molecular weight excluding hydrogens is 466 g/mol. The minimum absolute atomic E-state index is 0.0319. The van der Waals surface area contributed by atoms with E-state index >= 15 is 0 Å². The van der Waals surface area contributed by atoms with E-state index < -0.39 is 17.7 Å². The number of benzene rings is 2. The maximum atomic E-state index is 13.2. The summed E-state index contributed by atoms with van der Waals surface area (Å²) >= 11 is 0. The van der Waals surface area contributed by atoms with Gasteiger partial charge in [-0.3, -0.25) is 19.6 Å². The fraction of sp³-hybridized carbons (Fsp3) is 0.133. The fourth-order valence-corrected chi connectivity index (χ4v) is 4.46. The molecule has 1 aliphatic rings. The standard InChI is InChI=1S/C30H25N3O4/c1-20-16-23(9-10-25(20)37-19-22-6-3-2-4-7-22)28(34)26-27(24-8-5-13-32-17-24)33(30(36)29(26)35)18-21-11-14-31-15-12-21/h2-17,27,34H,18-19H2,1H3/b28-26-. The predicted octanol–water partition coefficient (Wildman–Crippen LogP) is 4.99. The lowest BCUT2D eigenvalue weighted by Gasteiger charge is -2.25. The van der Waals surface area contributed by atoms with Crippen molar-refractivity contribution in [3.05, 3.63) is 131 Å². The van der Waals surface area contributed by atoms with Gasteiger partial charge >= 0.3 is 0 Å². The van der Waals surface area contributed by atoms with Gasteiger partial charge in [0.15, 0.2) is 0 Å². The molecule has 7 nitrogen and oxygen atoms in total. The number of hydrogen-bond acceptors (Lipinski definition) is 6. The number of likely N-dealkylation sites (tertiary alicyclic amines) is 1. The van der Waals surface area contributed by atoms with Crippen LogP contribution in [0.4, 0.5) is 0 Å². The van der Waals surface area contributed by atoms with E-state index in [-0.39, 0.29) is 17.9 Å².